The molecule has 2 saturated carbocycles. The van der Waals surface area contributed by atoms with Crippen LogP contribution in [0.15, 0.2) is 36.4 Å². The molecule has 2 fully saturated rings. The van der Waals surface area contributed by atoms with E-state index in [4.69, 9.17) is 0 Å². The minimum absolute atomic E-state index is 0.000865. The van der Waals surface area contributed by atoms with Crippen LogP contribution in [-0.4, -0.2) is 22.0 Å². The Bertz CT molecular complexity index is 1110. The second-order valence-electron chi connectivity index (χ2n) is 8.76. The van der Waals surface area contributed by atoms with Gasteiger partial charge in [-0.25, -0.2) is 13.2 Å². The van der Waals surface area contributed by atoms with Crippen LogP contribution >= 0.6 is 0 Å². The lowest BCUT2D eigenvalue weighted by atomic mass is 9.66. The molecule has 6 heteroatoms. The van der Waals surface area contributed by atoms with Gasteiger partial charge in [0.15, 0.2) is 0 Å². The summed E-state index contributed by atoms with van der Waals surface area (Å²) in [5.41, 5.74) is 2.36. The van der Waals surface area contributed by atoms with Gasteiger partial charge in [0.1, 0.15) is 23.2 Å². The van der Waals surface area contributed by atoms with Gasteiger partial charge >= 0.3 is 0 Å². The second kappa shape index (κ2) is 7.27. The van der Waals surface area contributed by atoms with E-state index in [2.05, 4.69) is 4.98 Å². The fraction of sp³-hybridized carbons (Fsp3) is 0.375. The number of rotatable bonds is 5. The van der Waals surface area contributed by atoms with Gasteiger partial charge in [0.2, 0.25) is 0 Å². The predicted molar refractivity (Wildman–Crippen MR) is 107 cm³/mol. The Morgan fingerprint density at radius 2 is 1.70 bits per heavy atom. The zero-order chi connectivity index (χ0) is 21.0. The van der Waals surface area contributed by atoms with Crippen molar-refractivity contribution in [1.29, 1.82) is 0 Å². The number of hydrogen-bond acceptors (Lipinski definition) is 2. The van der Waals surface area contributed by atoms with E-state index >= 15 is 0 Å². The van der Waals surface area contributed by atoms with E-state index < -0.39 is 11.6 Å². The van der Waals surface area contributed by atoms with Gasteiger partial charge in [0.05, 0.1) is 17.3 Å². The van der Waals surface area contributed by atoms with Gasteiger partial charge < -0.3 is 10.1 Å². The molecule has 2 aliphatic carbocycles. The maximum absolute atomic E-state index is 14.4. The van der Waals surface area contributed by atoms with Gasteiger partial charge in [-0.05, 0) is 79.0 Å². The smallest absolute Gasteiger partial charge is 0.150 e. The van der Waals surface area contributed by atoms with Gasteiger partial charge in [-0.2, -0.15) is 0 Å². The molecule has 0 spiro atoms. The van der Waals surface area contributed by atoms with E-state index in [0.29, 0.717) is 48.7 Å². The number of benzene rings is 2. The molecule has 0 aliphatic heterocycles. The number of ketones is 1. The zero-order valence-corrected chi connectivity index (χ0v) is 16.3. The van der Waals surface area contributed by atoms with E-state index in [1.54, 1.807) is 12.1 Å². The number of hydrogen-bond donors (Lipinski definition) is 2. The molecule has 2 aliphatic rings. The highest BCUT2D eigenvalue weighted by Gasteiger charge is 2.40. The number of nitrogens with one attached hydrogen (secondary N) is 1. The Kier molecular flexibility index (Phi) is 4.69. The number of H-pyrrole nitrogens is 1. The summed E-state index contributed by atoms with van der Waals surface area (Å²) in [5.74, 6) is -1.26. The highest BCUT2D eigenvalue weighted by Crippen LogP contribution is 2.49. The number of carbonyl (C=O) groups is 1. The van der Waals surface area contributed by atoms with Crippen molar-refractivity contribution in [3.05, 3.63) is 59.4 Å². The van der Waals surface area contributed by atoms with Gasteiger partial charge in [0, 0.05) is 23.8 Å². The maximum Gasteiger partial charge on any atom is 0.150 e. The molecule has 0 radical (unpaired) electrons. The topological polar surface area (TPSA) is 53.1 Å². The molecule has 5 rings (SSSR count). The van der Waals surface area contributed by atoms with Crippen molar-refractivity contribution >= 4 is 16.7 Å². The average molecular weight is 413 g/mol. The van der Waals surface area contributed by atoms with Crippen molar-refractivity contribution in [3.8, 4) is 11.3 Å². The number of aromatic amines is 1. The molecule has 1 aromatic heterocycles. The minimum atomic E-state index is -0.671. The molecule has 0 unspecified atom stereocenters. The predicted octanol–water partition coefficient (Wildman–Crippen LogP) is 5.48. The molecular formula is C24H22F3NO2. The first-order chi connectivity index (χ1) is 14.4. The van der Waals surface area contributed by atoms with Gasteiger partial charge in [-0.15, -0.1) is 0 Å². The summed E-state index contributed by atoms with van der Waals surface area (Å²) in [6.07, 6.45) is 2.87. The van der Waals surface area contributed by atoms with Crippen LogP contribution in [0.25, 0.3) is 22.2 Å². The third kappa shape index (κ3) is 3.33. The van der Waals surface area contributed by atoms with Gasteiger partial charge in [-0.1, -0.05) is 0 Å². The summed E-state index contributed by atoms with van der Waals surface area (Å²) >= 11 is 0. The molecule has 156 valence electrons. The highest BCUT2D eigenvalue weighted by molar-refractivity contribution is 5.92. The van der Waals surface area contributed by atoms with Crippen LogP contribution in [0, 0.1) is 29.3 Å². The normalized spacial score (nSPS) is 25.7. The summed E-state index contributed by atoms with van der Waals surface area (Å²) in [7, 11) is 0. The summed E-state index contributed by atoms with van der Waals surface area (Å²) in [6, 6.07) is 8.06. The fourth-order valence-electron chi connectivity index (χ4n) is 4.94. The Hall–Kier alpha value is -2.60. The Morgan fingerprint density at radius 3 is 2.37 bits per heavy atom. The third-order valence-electron chi connectivity index (χ3n) is 6.70. The summed E-state index contributed by atoms with van der Waals surface area (Å²) in [4.78, 5) is 15.6. The van der Waals surface area contributed by atoms with Crippen molar-refractivity contribution in [2.75, 3.05) is 0 Å². The SMILES string of the molecule is O=C(CC1CC(O)C1)C1CC(c2c(-c3ccc(F)cc3)[nH]c3c(F)cc(F)cc23)C1. The number of carbonyl (C=O) groups excluding carboxylic acids is 1. The average Bonchev–Trinajstić information content (AvgIpc) is 2.99. The molecule has 0 bridgehead atoms. The number of halogens is 3. The monoisotopic (exact) mass is 413 g/mol. The first-order valence-electron chi connectivity index (χ1n) is 10.4. The fourth-order valence-corrected chi connectivity index (χ4v) is 4.94. The van der Waals surface area contributed by atoms with E-state index in [9.17, 15) is 23.1 Å². The van der Waals surface area contributed by atoms with Crippen molar-refractivity contribution in [2.45, 2.75) is 44.1 Å². The molecule has 2 aromatic carbocycles. The minimum Gasteiger partial charge on any atom is -0.393 e. The lowest BCUT2D eigenvalue weighted by molar-refractivity contribution is -0.128. The molecule has 30 heavy (non-hydrogen) atoms. The molecule has 0 amide bonds. The molecular weight excluding hydrogens is 391 g/mol. The second-order valence-corrected chi connectivity index (χ2v) is 8.76. The van der Waals surface area contributed by atoms with E-state index in [0.717, 1.165) is 11.6 Å². The number of aliphatic hydroxyl groups excluding tert-OH is 1. The van der Waals surface area contributed by atoms with Crippen LogP contribution in [0.4, 0.5) is 13.2 Å². The number of fused-ring (bicyclic) bond motifs is 1. The van der Waals surface area contributed by atoms with Crippen LogP contribution in [-0.2, 0) is 4.79 Å². The highest BCUT2D eigenvalue weighted by atomic mass is 19.1. The molecule has 2 N–H and O–H groups in total. The number of aromatic nitrogens is 1. The van der Waals surface area contributed by atoms with Crippen LogP contribution in [0.3, 0.4) is 0 Å². The summed E-state index contributed by atoms with van der Waals surface area (Å²) < 4.78 is 41.8. The van der Waals surface area contributed by atoms with E-state index in [1.807, 2.05) is 0 Å². The van der Waals surface area contributed by atoms with Gasteiger partial charge in [-0.3, -0.25) is 4.79 Å². The van der Waals surface area contributed by atoms with E-state index in [-0.39, 0.29) is 41.0 Å². The molecule has 1 heterocycles. The van der Waals surface area contributed by atoms with Crippen molar-refractivity contribution in [1.82, 2.24) is 4.98 Å². The Labute approximate surface area is 171 Å². The van der Waals surface area contributed by atoms with Crippen LogP contribution in [0.2, 0.25) is 0 Å². The largest absolute Gasteiger partial charge is 0.393 e. The van der Waals surface area contributed by atoms with E-state index in [1.165, 1.54) is 18.2 Å². The molecule has 3 nitrogen and oxygen atoms in total. The van der Waals surface area contributed by atoms with Crippen molar-refractivity contribution in [2.24, 2.45) is 11.8 Å². The van der Waals surface area contributed by atoms with Crippen molar-refractivity contribution < 1.29 is 23.1 Å². The third-order valence-corrected chi connectivity index (χ3v) is 6.70. The Balaban J connectivity index is 1.45. The molecule has 0 saturated heterocycles. The standard InChI is InChI=1S/C24H22F3NO2/c25-16-3-1-13(2-4-16)23-22(19-10-17(26)11-20(27)24(19)28-23)15-8-14(9-15)21(30)7-12-5-18(29)6-12/h1-4,10-12,14-15,18,28-29H,5-9H2. The lowest BCUT2D eigenvalue weighted by Crippen LogP contribution is -2.35. The molecule has 3 aromatic rings. The van der Waals surface area contributed by atoms with Crippen molar-refractivity contribution in [3.63, 3.8) is 0 Å². The summed E-state index contributed by atoms with van der Waals surface area (Å²) in [5, 5.41) is 9.89. The van der Waals surface area contributed by atoms with Crippen LogP contribution < -0.4 is 0 Å². The number of Topliss-reactive ketones (excluding diaryl/α,β-unsaturated/α-hetero) is 1. The number of aliphatic hydroxyl groups is 1. The van der Waals surface area contributed by atoms with Crippen LogP contribution in [0.1, 0.15) is 43.6 Å². The first-order valence-corrected chi connectivity index (χ1v) is 10.4. The maximum atomic E-state index is 14.4. The van der Waals surface area contributed by atoms with Crippen LogP contribution in [0.5, 0.6) is 0 Å². The van der Waals surface area contributed by atoms with Gasteiger partial charge in [0.25, 0.3) is 0 Å². The lowest BCUT2D eigenvalue weighted by Gasteiger charge is -2.37. The zero-order valence-electron chi connectivity index (χ0n) is 16.3. The Morgan fingerprint density at radius 1 is 1.00 bits per heavy atom. The first kappa shape index (κ1) is 19.4. The quantitative estimate of drug-likeness (QED) is 0.582. The molecule has 0 atom stereocenters. The summed E-state index contributed by atoms with van der Waals surface area (Å²) in [6.45, 7) is 0.